The van der Waals surface area contributed by atoms with Crippen LogP contribution in [0.3, 0.4) is 0 Å². The Labute approximate surface area is 94.8 Å². The van der Waals surface area contributed by atoms with Crippen molar-refractivity contribution in [2.45, 2.75) is 12.7 Å². The van der Waals surface area contributed by atoms with Crippen LogP contribution in [0.25, 0.3) is 11.1 Å². The maximum atomic E-state index is 12.2. The van der Waals surface area contributed by atoms with Crippen molar-refractivity contribution in [1.29, 1.82) is 0 Å². The topological polar surface area (TPSA) is 48.0 Å². The quantitative estimate of drug-likeness (QED) is 0.759. The minimum absolute atomic E-state index is 0.00954. The highest BCUT2D eigenvalue weighted by Gasteiger charge is 2.30. The van der Waals surface area contributed by atoms with Crippen LogP contribution in [0.2, 0.25) is 0 Å². The van der Waals surface area contributed by atoms with Gasteiger partial charge in [0.2, 0.25) is 5.71 Å². The molecule has 0 aliphatic rings. The van der Waals surface area contributed by atoms with E-state index in [0.717, 1.165) is 0 Å². The summed E-state index contributed by atoms with van der Waals surface area (Å²) in [6, 6.07) is 1.28. The van der Waals surface area contributed by atoms with Gasteiger partial charge in [0.25, 0.3) is 5.56 Å². The number of nitrogens with zero attached hydrogens (tertiary/aromatic N) is 2. The molecule has 0 radical (unpaired) electrons. The number of halogens is 4. The number of rotatable bonds is 1. The number of furan rings is 1. The predicted molar refractivity (Wildman–Crippen MR) is 52.0 cm³/mol. The lowest BCUT2D eigenvalue weighted by Crippen LogP contribution is -2.29. The monoisotopic (exact) mass is 296 g/mol. The maximum Gasteiger partial charge on any atom is 0.406 e. The summed E-state index contributed by atoms with van der Waals surface area (Å²) >= 11 is 2.80. The van der Waals surface area contributed by atoms with Gasteiger partial charge in [-0.25, -0.2) is 0 Å². The van der Waals surface area contributed by atoms with Crippen LogP contribution < -0.4 is 5.56 Å². The van der Waals surface area contributed by atoms with E-state index in [1.54, 1.807) is 0 Å². The summed E-state index contributed by atoms with van der Waals surface area (Å²) in [5.74, 6) is 0. The van der Waals surface area contributed by atoms with Gasteiger partial charge in [0, 0.05) is 0 Å². The number of fused-ring (bicyclic) bond motifs is 1. The van der Waals surface area contributed by atoms with E-state index < -0.39 is 18.3 Å². The molecule has 0 aliphatic carbocycles. The second-order valence-electron chi connectivity index (χ2n) is 3.03. The highest BCUT2D eigenvalue weighted by Crippen LogP contribution is 2.20. The summed E-state index contributed by atoms with van der Waals surface area (Å²) in [5, 5.41) is 0.0208. The van der Waals surface area contributed by atoms with Gasteiger partial charge < -0.3 is 4.42 Å². The third-order valence-electron chi connectivity index (χ3n) is 1.87. The average Bonchev–Trinajstić information content (AvgIpc) is 2.58. The van der Waals surface area contributed by atoms with E-state index in [0.29, 0.717) is 4.57 Å². The Kier molecular flexibility index (Phi) is 2.53. The zero-order valence-electron chi connectivity index (χ0n) is 7.58. The molecule has 2 rings (SSSR count). The van der Waals surface area contributed by atoms with Crippen LogP contribution in [0.15, 0.2) is 26.3 Å². The molecule has 0 N–H and O–H groups in total. The molecule has 86 valence electrons. The van der Waals surface area contributed by atoms with Crippen LogP contribution in [-0.4, -0.2) is 15.7 Å². The van der Waals surface area contributed by atoms with Crippen molar-refractivity contribution < 1.29 is 17.6 Å². The summed E-state index contributed by atoms with van der Waals surface area (Å²) < 4.78 is 41.7. The SMILES string of the molecule is O=c1c2ccoc2nc(Br)n1CC(F)(F)F. The molecule has 0 spiro atoms. The minimum Gasteiger partial charge on any atom is -0.446 e. The van der Waals surface area contributed by atoms with Crippen LogP contribution in [-0.2, 0) is 6.54 Å². The third kappa shape index (κ3) is 1.97. The van der Waals surface area contributed by atoms with Gasteiger partial charge in [-0.05, 0) is 22.0 Å². The van der Waals surface area contributed by atoms with Crippen LogP contribution in [0, 0.1) is 0 Å². The number of hydrogen-bond acceptors (Lipinski definition) is 3. The molecule has 0 aliphatic heterocycles. The molecule has 0 saturated carbocycles. The maximum absolute atomic E-state index is 12.2. The average molecular weight is 297 g/mol. The lowest BCUT2D eigenvalue weighted by atomic mass is 10.4. The second kappa shape index (κ2) is 3.62. The molecule has 2 aromatic heterocycles. The van der Waals surface area contributed by atoms with Gasteiger partial charge in [0.1, 0.15) is 11.9 Å². The Morgan fingerprint density at radius 2 is 2.19 bits per heavy atom. The molecule has 0 fully saturated rings. The molecular weight excluding hydrogens is 293 g/mol. The van der Waals surface area contributed by atoms with Crippen molar-refractivity contribution in [3.8, 4) is 0 Å². The molecule has 0 atom stereocenters. The standard InChI is InChI=1S/C8H4BrF3N2O2/c9-7-13-5-4(1-2-16-5)6(15)14(7)3-8(10,11)12/h1-2H,3H2. The molecule has 16 heavy (non-hydrogen) atoms. The van der Waals surface area contributed by atoms with Crippen molar-refractivity contribution in [2.24, 2.45) is 0 Å². The van der Waals surface area contributed by atoms with E-state index in [1.807, 2.05) is 0 Å². The zero-order chi connectivity index (χ0) is 11.9. The normalized spacial score (nSPS) is 12.2. The van der Waals surface area contributed by atoms with Crippen molar-refractivity contribution in [2.75, 3.05) is 0 Å². The van der Waals surface area contributed by atoms with Crippen LogP contribution in [0.4, 0.5) is 13.2 Å². The Morgan fingerprint density at radius 3 is 2.81 bits per heavy atom. The molecule has 0 amide bonds. The zero-order valence-corrected chi connectivity index (χ0v) is 9.17. The van der Waals surface area contributed by atoms with Crippen molar-refractivity contribution in [1.82, 2.24) is 9.55 Å². The molecule has 0 aromatic carbocycles. The third-order valence-corrected chi connectivity index (χ3v) is 2.48. The second-order valence-corrected chi connectivity index (χ2v) is 3.74. The first-order valence-corrected chi connectivity index (χ1v) is 4.88. The van der Waals surface area contributed by atoms with Crippen molar-refractivity contribution >= 4 is 27.0 Å². The van der Waals surface area contributed by atoms with Crippen LogP contribution >= 0.6 is 15.9 Å². The van der Waals surface area contributed by atoms with E-state index in [9.17, 15) is 18.0 Å². The van der Waals surface area contributed by atoms with E-state index in [4.69, 9.17) is 4.42 Å². The van der Waals surface area contributed by atoms with E-state index >= 15 is 0 Å². The summed E-state index contributed by atoms with van der Waals surface area (Å²) in [4.78, 5) is 15.3. The fourth-order valence-corrected chi connectivity index (χ4v) is 1.69. The summed E-state index contributed by atoms with van der Waals surface area (Å²) in [6.45, 7) is -1.39. The first kappa shape index (κ1) is 11.2. The first-order valence-electron chi connectivity index (χ1n) is 4.09. The molecule has 4 nitrogen and oxygen atoms in total. The Hall–Kier alpha value is -1.31. The minimum atomic E-state index is -4.48. The Morgan fingerprint density at radius 1 is 1.50 bits per heavy atom. The molecule has 2 aromatic rings. The summed E-state index contributed by atoms with van der Waals surface area (Å²) in [5.41, 5.74) is -0.779. The molecule has 8 heteroatoms. The smallest absolute Gasteiger partial charge is 0.406 e. The number of alkyl halides is 3. The molecule has 2 heterocycles. The number of aromatic nitrogens is 2. The molecule has 0 saturated heterocycles. The lowest BCUT2D eigenvalue weighted by molar-refractivity contribution is -0.141. The predicted octanol–water partition coefficient (Wildman–Crippen LogP) is 2.31. The highest BCUT2D eigenvalue weighted by molar-refractivity contribution is 9.10. The van der Waals surface area contributed by atoms with E-state index in [1.165, 1.54) is 12.3 Å². The van der Waals surface area contributed by atoms with Gasteiger partial charge in [-0.15, -0.1) is 0 Å². The van der Waals surface area contributed by atoms with Gasteiger partial charge in [0.05, 0.1) is 6.26 Å². The fraction of sp³-hybridized carbons (Fsp3) is 0.250. The highest BCUT2D eigenvalue weighted by atomic mass is 79.9. The number of hydrogen-bond donors (Lipinski definition) is 0. The van der Waals surface area contributed by atoms with E-state index in [-0.39, 0.29) is 15.8 Å². The molecule has 0 unspecified atom stereocenters. The molecular formula is C8H4BrF3N2O2. The van der Waals surface area contributed by atoms with Gasteiger partial charge in [0.15, 0.2) is 4.73 Å². The van der Waals surface area contributed by atoms with Crippen LogP contribution in [0.1, 0.15) is 0 Å². The summed E-state index contributed by atoms with van der Waals surface area (Å²) in [7, 11) is 0. The van der Waals surface area contributed by atoms with Gasteiger partial charge in [-0.3, -0.25) is 9.36 Å². The van der Waals surface area contributed by atoms with Gasteiger partial charge >= 0.3 is 6.18 Å². The Bertz CT molecular complexity index is 587. The first-order chi connectivity index (χ1) is 7.38. The Balaban J connectivity index is 2.65. The lowest BCUT2D eigenvalue weighted by Gasteiger charge is -2.10. The van der Waals surface area contributed by atoms with Crippen molar-refractivity contribution in [3.05, 3.63) is 27.4 Å². The largest absolute Gasteiger partial charge is 0.446 e. The summed E-state index contributed by atoms with van der Waals surface area (Å²) in [6.07, 6.45) is -3.28. The van der Waals surface area contributed by atoms with Gasteiger partial charge in [-0.1, -0.05) is 0 Å². The van der Waals surface area contributed by atoms with Crippen molar-refractivity contribution in [3.63, 3.8) is 0 Å². The fourth-order valence-electron chi connectivity index (χ4n) is 1.24. The van der Waals surface area contributed by atoms with Crippen LogP contribution in [0.5, 0.6) is 0 Å². The van der Waals surface area contributed by atoms with Gasteiger partial charge in [-0.2, -0.15) is 18.2 Å². The van der Waals surface area contributed by atoms with E-state index in [2.05, 4.69) is 20.9 Å². The molecule has 0 bridgehead atoms.